The number of benzene rings is 1. The van der Waals surface area contributed by atoms with Gasteiger partial charge in [0.05, 0.1) is 23.8 Å². The van der Waals surface area contributed by atoms with Gasteiger partial charge < -0.3 is 19.5 Å². The van der Waals surface area contributed by atoms with Gasteiger partial charge in [-0.3, -0.25) is 4.98 Å². The SMILES string of the molecule is CON=[N+]([O-])N1CCC[C@H]1C(=O)Oc1c(C)ncc2c1CO[C@H]2c1ccc(Cl)cc1. The van der Waals surface area contributed by atoms with Crippen LogP contribution in [0.4, 0.5) is 0 Å². The van der Waals surface area contributed by atoms with Gasteiger partial charge in [0.25, 0.3) is 0 Å². The van der Waals surface area contributed by atoms with Crippen molar-refractivity contribution in [3.63, 3.8) is 0 Å². The van der Waals surface area contributed by atoms with Gasteiger partial charge in [-0.25, -0.2) is 4.79 Å². The zero-order valence-electron chi connectivity index (χ0n) is 16.6. The van der Waals surface area contributed by atoms with Crippen LogP contribution in [0.1, 0.15) is 41.3 Å². The Morgan fingerprint density at radius 3 is 2.90 bits per heavy atom. The van der Waals surface area contributed by atoms with Gasteiger partial charge in [-0.1, -0.05) is 23.7 Å². The summed E-state index contributed by atoms with van der Waals surface area (Å²) >= 11 is 5.98. The molecule has 10 heteroatoms. The molecule has 0 saturated carbocycles. The van der Waals surface area contributed by atoms with Crippen molar-refractivity contribution in [2.45, 2.75) is 38.5 Å². The van der Waals surface area contributed by atoms with E-state index in [-0.39, 0.29) is 12.7 Å². The van der Waals surface area contributed by atoms with Gasteiger partial charge in [0.15, 0.2) is 11.8 Å². The quantitative estimate of drug-likeness (QED) is 0.308. The Morgan fingerprint density at radius 2 is 2.17 bits per heavy atom. The van der Waals surface area contributed by atoms with Crippen LogP contribution in [0.15, 0.2) is 35.7 Å². The number of aryl methyl sites for hydroxylation is 1. The minimum absolute atomic E-state index is 0.287. The van der Waals surface area contributed by atoms with Crippen molar-refractivity contribution in [3.8, 4) is 5.75 Å². The second-order valence-corrected chi connectivity index (χ2v) is 7.54. The van der Waals surface area contributed by atoms with E-state index in [1.807, 2.05) is 12.1 Å². The van der Waals surface area contributed by atoms with Crippen molar-refractivity contribution in [2.75, 3.05) is 13.7 Å². The molecule has 0 radical (unpaired) electrons. The van der Waals surface area contributed by atoms with Crippen LogP contribution in [-0.2, 0) is 21.0 Å². The Hall–Kier alpha value is -2.91. The first kappa shape index (κ1) is 20.4. The summed E-state index contributed by atoms with van der Waals surface area (Å²) in [5.74, 6) is -0.158. The van der Waals surface area contributed by atoms with Gasteiger partial charge in [0, 0.05) is 22.3 Å². The molecule has 0 unspecified atom stereocenters. The van der Waals surface area contributed by atoms with Crippen LogP contribution in [-0.4, -0.2) is 40.6 Å². The molecule has 2 aliphatic rings. The molecular weight excluding hydrogens is 412 g/mol. The number of aromatic nitrogens is 1. The first-order chi connectivity index (χ1) is 14.5. The van der Waals surface area contributed by atoms with Crippen molar-refractivity contribution in [2.24, 2.45) is 5.28 Å². The molecule has 9 nitrogen and oxygen atoms in total. The fraction of sp³-hybridized carbons (Fsp3) is 0.400. The van der Waals surface area contributed by atoms with Crippen LogP contribution in [0.2, 0.25) is 5.02 Å². The monoisotopic (exact) mass is 432 g/mol. The van der Waals surface area contributed by atoms with Crippen molar-refractivity contribution in [3.05, 3.63) is 63.1 Å². The predicted molar refractivity (Wildman–Crippen MR) is 105 cm³/mol. The molecule has 2 aliphatic heterocycles. The molecule has 0 spiro atoms. The van der Waals surface area contributed by atoms with Gasteiger partial charge in [0.1, 0.15) is 13.2 Å². The summed E-state index contributed by atoms with van der Waals surface area (Å²) in [7, 11) is 1.27. The van der Waals surface area contributed by atoms with Crippen LogP contribution in [0.25, 0.3) is 0 Å². The van der Waals surface area contributed by atoms with E-state index in [0.717, 1.165) is 16.7 Å². The fourth-order valence-electron chi connectivity index (χ4n) is 3.81. The molecule has 1 aromatic carbocycles. The fourth-order valence-corrected chi connectivity index (χ4v) is 3.94. The Kier molecular flexibility index (Phi) is 5.74. The number of carbonyl (C=O) groups is 1. The smallest absolute Gasteiger partial charge is 0.340 e. The molecule has 30 heavy (non-hydrogen) atoms. The zero-order chi connectivity index (χ0) is 21.3. The second-order valence-electron chi connectivity index (χ2n) is 7.11. The highest BCUT2D eigenvalue weighted by atomic mass is 35.5. The maximum atomic E-state index is 12.9. The Balaban J connectivity index is 1.59. The van der Waals surface area contributed by atoms with Crippen LogP contribution >= 0.6 is 11.6 Å². The average Bonchev–Trinajstić information content (AvgIpc) is 3.38. The van der Waals surface area contributed by atoms with E-state index in [0.29, 0.717) is 40.8 Å². The molecule has 1 fully saturated rings. The maximum absolute atomic E-state index is 12.9. The van der Waals surface area contributed by atoms with E-state index in [4.69, 9.17) is 21.1 Å². The van der Waals surface area contributed by atoms with E-state index < -0.39 is 12.0 Å². The van der Waals surface area contributed by atoms with E-state index in [1.54, 1.807) is 25.3 Å². The number of hydrogen-bond donors (Lipinski definition) is 0. The van der Waals surface area contributed by atoms with Crippen molar-refractivity contribution in [1.29, 1.82) is 0 Å². The normalized spacial score (nSPS) is 20.9. The number of rotatable bonds is 5. The summed E-state index contributed by atoms with van der Waals surface area (Å²) in [6, 6.07) is 6.65. The lowest BCUT2D eigenvalue weighted by atomic mass is 10.0. The molecule has 0 aliphatic carbocycles. The standard InChI is InChI=1S/C20H21ClN4O5/c1-12-18(30-20(26)17-4-3-9-24(17)25(27)23-28-2)16-11-29-19(15(16)10-22-12)13-5-7-14(21)8-6-13/h5-8,10,17,19H,3-4,9,11H2,1-2H3/t17-,19-/m0/s1. The van der Waals surface area contributed by atoms with Gasteiger partial charge in [-0.05, 0) is 37.5 Å². The van der Waals surface area contributed by atoms with E-state index in [9.17, 15) is 10.0 Å². The number of ether oxygens (including phenoxy) is 2. The number of hydrazine groups is 1. The molecular formula is C20H21ClN4O5. The van der Waals surface area contributed by atoms with Crippen molar-refractivity contribution >= 4 is 17.6 Å². The third kappa shape index (κ3) is 3.78. The minimum Gasteiger partial charge on any atom is -0.569 e. The third-order valence-electron chi connectivity index (χ3n) is 5.27. The summed E-state index contributed by atoms with van der Waals surface area (Å²) < 4.78 is 11.7. The number of pyridine rings is 1. The Morgan fingerprint density at radius 1 is 1.40 bits per heavy atom. The summed E-state index contributed by atoms with van der Waals surface area (Å²) in [6.45, 7) is 2.45. The minimum atomic E-state index is -0.744. The number of hydrogen-bond acceptors (Lipinski definition) is 7. The summed E-state index contributed by atoms with van der Waals surface area (Å²) in [5, 5.41) is 17.2. The molecule has 0 N–H and O–H groups in total. The number of carbonyl (C=O) groups excluding carboxylic acids is 1. The van der Waals surface area contributed by atoms with E-state index >= 15 is 0 Å². The molecule has 3 heterocycles. The Labute approximate surface area is 178 Å². The van der Waals surface area contributed by atoms with Crippen molar-refractivity contribution < 1.29 is 24.1 Å². The Bertz CT molecular complexity index is 982. The topological polar surface area (TPSA) is 99.3 Å². The molecule has 4 rings (SSSR count). The summed E-state index contributed by atoms with van der Waals surface area (Å²) in [5.41, 5.74) is 3.13. The van der Waals surface area contributed by atoms with Crippen LogP contribution in [0.5, 0.6) is 5.75 Å². The van der Waals surface area contributed by atoms with Crippen molar-refractivity contribution in [1.82, 2.24) is 9.99 Å². The molecule has 2 aromatic rings. The summed E-state index contributed by atoms with van der Waals surface area (Å²) in [4.78, 5) is 22.1. The van der Waals surface area contributed by atoms with Gasteiger partial charge in [-0.2, -0.15) is 0 Å². The van der Waals surface area contributed by atoms with Gasteiger partial charge >= 0.3 is 5.97 Å². The first-order valence-corrected chi connectivity index (χ1v) is 9.92. The van der Waals surface area contributed by atoms with Crippen LogP contribution in [0.3, 0.4) is 0 Å². The molecule has 2 atom stereocenters. The van der Waals surface area contributed by atoms with E-state index in [2.05, 4.69) is 15.1 Å². The predicted octanol–water partition coefficient (Wildman–Crippen LogP) is 3.47. The molecule has 1 saturated heterocycles. The largest absolute Gasteiger partial charge is 0.569 e. The molecule has 1 aromatic heterocycles. The number of fused-ring (bicyclic) bond motifs is 1. The maximum Gasteiger partial charge on any atom is 0.340 e. The van der Waals surface area contributed by atoms with Crippen LogP contribution in [0, 0.1) is 12.1 Å². The number of nitrogens with zero attached hydrogens (tertiary/aromatic N) is 4. The van der Waals surface area contributed by atoms with Crippen LogP contribution < -0.4 is 4.74 Å². The first-order valence-electron chi connectivity index (χ1n) is 9.54. The third-order valence-corrected chi connectivity index (χ3v) is 5.52. The highest BCUT2D eigenvalue weighted by molar-refractivity contribution is 6.30. The zero-order valence-corrected chi connectivity index (χ0v) is 17.3. The lowest BCUT2D eigenvalue weighted by Crippen LogP contribution is -2.42. The average molecular weight is 433 g/mol. The highest BCUT2D eigenvalue weighted by Gasteiger charge is 2.39. The second kappa shape index (κ2) is 8.45. The highest BCUT2D eigenvalue weighted by Crippen LogP contribution is 2.41. The van der Waals surface area contributed by atoms with Gasteiger partial charge in [-0.15, -0.1) is 5.01 Å². The molecule has 0 amide bonds. The lowest BCUT2D eigenvalue weighted by Gasteiger charge is -2.19. The van der Waals surface area contributed by atoms with Gasteiger partial charge in [0.2, 0.25) is 5.28 Å². The number of halogens is 1. The lowest BCUT2D eigenvalue weighted by molar-refractivity contribution is -0.711. The van der Waals surface area contributed by atoms with E-state index in [1.165, 1.54) is 12.1 Å². The summed E-state index contributed by atoms with van der Waals surface area (Å²) in [6.07, 6.45) is 2.59. The molecule has 158 valence electrons. The number of esters is 1. The molecule has 0 bridgehead atoms.